The molecule has 0 unspecified atom stereocenters. The van der Waals surface area contributed by atoms with E-state index in [1.165, 1.54) is 4.90 Å². The number of amides is 1. The first-order valence-corrected chi connectivity index (χ1v) is 12.8. The molecule has 0 fully saturated rings. The van der Waals surface area contributed by atoms with Crippen LogP contribution in [0.4, 0.5) is 4.39 Å². The molecule has 39 heavy (non-hydrogen) atoms. The number of allylic oxidation sites excluding steroid dienone is 1. The smallest absolute Gasteiger partial charge is 0.255 e. The number of fused-ring (bicyclic) bond motifs is 1. The molecule has 3 rings (SSSR count). The van der Waals surface area contributed by atoms with E-state index in [0.29, 0.717) is 0 Å². The summed E-state index contributed by atoms with van der Waals surface area (Å²) in [5.41, 5.74) is 0.816. The van der Waals surface area contributed by atoms with Crippen LogP contribution in [0.3, 0.4) is 0 Å². The Morgan fingerprint density at radius 3 is 2.26 bits per heavy atom. The minimum atomic E-state index is -2.79. The lowest BCUT2D eigenvalue weighted by Gasteiger charge is -2.45. The Bertz CT molecular complexity index is 1290. The van der Waals surface area contributed by atoms with E-state index in [4.69, 9.17) is 5.73 Å². The monoisotopic (exact) mass is 547 g/mol. The average molecular weight is 548 g/mol. The van der Waals surface area contributed by atoms with Crippen molar-refractivity contribution < 1.29 is 39.2 Å². The van der Waals surface area contributed by atoms with Gasteiger partial charge in [0.15, 0.2) is 11.4 Å². The van der Waals surface area contributed by atoms with Gasteiger partial charge >= 0.3 is 0 Å². The quantitative estimate of drug-likeness (QED) is 0.204. The number of halogens is 1. The van der Waals surface area contributed by atoms with E-state index < -0.39 is 69.3 Å². The van der Waals surface area contributed by atoms with Gasteiger partial charge in [-0.3, -0.25) is 24.2 Å². The summed E-state index contributed by atoms with van der Waals surface area (Å²) in [7, 11) is 4.89. The van der Waals surface area contributed by atoms with Crippen LogP contribution in [0, 0.1) is 11.7 Å². The topological polar surface area (TPSA) is 165 Å². The predicted molar refractivity (Wildman–Crippen MR) is 142 cm³/mol. The number of likely N-dealkylation sites (N-methyl/N-ethyl adjacent to an activating group) is 1. The van der Waals surface area contributed by atoms with Crippen molar-refractivity contribution in [3.8, 4) is 5.75 Å². The Morgan fingerprint density at radius 1 is 1.18 bits per heavy atom. The molecule has 2 aliphatic rings. The van der Waals surface area contributed by atoms with Gasteiger partial charge in [0.25, 0.3) is 5.91 Å². The third-order valence-corrected chi connectivity index (χ3v) is 8.01. The molecule has 0 bridgehead atoms. The van der Waals surface area contributed by atoms with Gasteiger partial charge in [-0.1, -0.05) is 6.92 Å². The van der Waals surface area contributed by atoms with Crippen molar-refractivity contribution in [2.75, 3.05) is 21.1 Å². The fourth-order valence-electron chi connectivity index (χ4n) is 5.51. The molecule has 10 nitrogen and oxygen atoms in total. The van der Waals surface area contributed by atoms with Crippen molar-refractivity contribution >= 4 is 17.5 Å². The number of phenols is 1. The highest BCUT2D eigenvalue weighted by Crippen LogP contribution is 2.45. The Hall–Kier alpha value is -3.28. The predicted octanol–water partition coefficient (Wildman–Crippen LogP) is 2.27. The molecule has 1 aromatic rings. The van der Waals surface area contributed by atoms with Crippen molar-refractivity contribution in [1.29, 1.82) is 0 Å². The average Bonchev–Trinajstić information content (AvgIpc) is 2.82. The van der Waals surface area contributed by atoms with Crippen molar-refractivity contribution in [2.24, 2.45) is 11.7 Å². The minimum Gasteiger partial charge on any atom is -0.510 e. The maximum absolute atomic E-state index is 15.6. The molecule has 6 N–H and O–H groups in total. The van der Waals surface area contributed by atoms with Crippen LogP contribution in [-0.4, -0.2) is 86.0 Å². The number of Topliss-reactive ketones (excluding diaryl/α,β-unsaturated/α-hetero) is 2. The fraction of sp³-hybridized carbons (Fsp3) is 0.536. The number of aliphatic hydroxyl groups excluding tert-OH is 2. The molecule has 11 heteroatoms. The summed E-state index contributed by atoms with van der Waals surface area (Å²) in [5.74, 6) is -7.55. The molecule has 0 spiro atoms. The van der Waals surface area contributed by atoms with E-state index in [-0.39, 0.29) is 48.0 Å². The Balaban J connectivity index is 2.18. The van der Waals surface area contributed by atoms with Gasteiger partial charge in [-0.2, -0.15) is 0 Å². The van der Waals surface area contributed by atoms with E-state index >= 15 is 4.39 Å². The van der Waals surface area contributed by atoms with Crippen molar-refractivity contribution in [3.05, 3.63) is 51.2 Å². The van der Waals surface area contributed by atoms with Crippen LogP contribution in [0.15, 0.2) is 28.7 Å². The summed E-state index contributed by atoms with van der Waals surface area (Å²) >= 11 is 0. The van der Waals surface area contributed by atoms with Crippen LogP contribution < -0.4 is 5.73 Å². The molecule has 1 amide bonds. The number of aliphatic hydroxyl groups is 3. The van der Waals surface area contributed by atoms with Crippen LogP contribution in [0.25, 0.3) is 0 Å². The highest BCUT2D eigenvalue weighted by molar-refractivity contribution is 6.24. The maximum Gasteiger partial charge on any atom is 0.255 e. The van der Waals surface area contributed by atoms with E-state index in [1.807, 2.05) is 25.7 Å². The molecule has 214 valence electrons. The van der Waals surface area contributed by atoms with Gasteiger partial charge in [0.05, 0.1) is 11.6 Å². The molecule has 0 saturated heterocycles. The number of benzene rings is 1. The summed E-state index contributed by atoms with van der Waals surface area (Å²) < 4.78 is 15.6. The summed E-state index contributed by atoms with van der Waals surface area (Å²) in [6, 6.07) is 0.0691. The summed E-state index contributed by atoms with van der Waals surface area (Å²) in [4.78, 5) is 42.4. The number of ketones is 2. The third kappa shape index (κ3) is 4.83. The van der Waals surface area contributed by atoms with Crippen molar-refractivity contribution in [3.63, 3.8) is 0 Å². The standard InChI is InChI=1S/C28H38FN3O7/c1-8-16-21(31(5)6)23(35)19(26(30)38)25(37)28(16,39)24(36)15-10-9-14-18(22(15)34)17(33)11-13(20(14)29)12-32(7)27(2,3)4/h11,16,21,33,35-36,39H,8-10,12H2,1-7H3,(H2,30,38)/b24-15-/t16-,21-,28-/m0/s1. The van der Waals surface area contributed by atoms with Crippen LogP contribution in [0.5, 0.6) is 5.75 Å². The number of primary amides is 1. The number of hydrogen-bond donors (Lipinski definition) is 5. The van der Waals surface area contributed by atoms with Gasteiger partial charge in [-0.25, -0.2) is 4.39 Å². The van der Waals surface area contributed by atoms with E-state index in [9.17, 15) is 34.8 Å². The number of aromatic hydroxyl groups is 1. The molecule has 1 aromatic carbocycles. The van der Waals surface area contributed by atoms with E-state index in [0.717, 1.165) is 6.07 Å². The molecule has 0 aliphatic heterocycles. The van der Waals surface area contributed by atoms with Gasteiger partial charge in [0, 0.05) is 34.7 Å². The first-order chi connectivity index (χ1) is 17.9. The second-order valence-corrected chi connectivity index (χ2v) is 11.5. The lowest BCUT2D eigenvalue weighted by atomic mass is 9.66. The number of nitrogens with two attached hydrogens (primary N) is 1. The molecule has 0 heterocycles. The van der Waals surface area contributed by atoms with Gasteiger partial charge in [-0.05, 0) is 67.2 Å². The van der Waals surface area contributed by atoms with Gasteiger partial charge in [-0.15, -0.1) is 0 Å². The van der Waals surface area contributed by atoms with Crippen molar-refractivity contribution in [1.82, 2.24) is 9.80 Å². The number of hydrogen-bond acceptors (Lipinski definition) is 9. The largest absolute Gasteiger partial charge is 0.510 e. The van der Waals surface area contributed by atoms with Crippen LogP contribution >= 0.6 is 0 Å². The van der Waals surface area contributed by atoms with E-state index in [1.54, 1.807) is 28.1 Å². The van der Waals surface area contributed by atoms with Gasteiger partial charge < -0.3 is 26.2 Å². The molecular formula is C28H38FN3O7. The van der Waals surface area contributed by atoms with Gasteiger partial charge in [0.1, 0.15) is 28.7 Å². The third-order valence-electron chi connectivity index (χ3n) is 8.01. The molecular weight excluding hydrogens is 509 g/mol. The second-order valence-electron chi connectivity index (χ2n) is 11.5. The zero-order chi connectivity index (χ0) is 29.8. The zero-order valence-corrected chi connectivity index (χ0v) is 23.4. The maximum atomic E-state index is 15.6. The first kappa shape index (κ1) is 30.3. The SMILES string of the molecule is CC[C@H]1[C@H](N(C)C)C(O)=C(C(N)=O)C(=O)[C@@]1(O)/C(O)=C1\CCc2c(F)c(CN(C)C(C)(C)C)cc(O)c2C1=O. The fourth-order valence-corrected chi connectivity index (χ4v) is 5.51. The van der Waals surface area contributed by atoms with Gasteiger partial charge in [0.2, 0.25) is 5.78 Å². The normalized spacial score (nSPS) is 25.4. The van der Waals surface area contributed by atoms with Crippen LogP contribution in [0.2, 0.25) is 0 Å². The van der Waals surface area contributed by atoms with Crippen LogP contribution in [0.1, 0.15) is 62.0 Å². The second kappa shape index (κ2) is 10.4. The first-order valence-electron chi connectivity index (χ1n) is 12.8. The van der Waals surface area contributed by atoms with Crippen LogP contribution in [-0.2, 0) is 22.6 Å². The Morgan fingerprint density at radius 2 is 1.77 bits per heavy atom. The number of rotatable bonds is 6. The summed E-state index contributed by atoms with van der Waals surface area (Å²) in [6.07, 6.45) is -0.296. The Kier molecular flexibility index (Phi) is 8.04. The molecule has 0 saturated carbocycles. The Labute approximate surface area is 227 Å². The number of nitrogens with zero attached hydrogens (tertiary/aromatic N) is 2. The van der Waals surface area contributed by atoms with Crippen molar-refractivity contribution in [2.45, 2.75) is 70.7 Å². The number of phenolic OH excluding ortho intramolecular Hbond substituents is 1. The summed E-state index contributed by atoms with van der Waals surface area (Å²) in [6.45, 7) is 7.63. The number of carbonyl (C=O) groups excluding carboxylic acids is 3. The minimum absolute atomic E-state index is 0.0237. The summed E-state index contributed by atoms with van der Waals surface area (Å²) in [5, 5.41) is 44.6. The molecule has 2 aliphatic carbocycles. The molecule has 0 radical (unpaired) electrons. The lowest BCUT2D eigenvalue weighted by Crippen LogP contribution is -2.61. The lowest BCUT2D eigenvalue weighted by molar-refractivity contribution is -0.145. The number of carbonyl (C=O) groups is 3. The molecule has 0 aromatic heterocycles. The highest BCUT2D eigenvalue weighted by Gasteiger charge is 2.59. The van der Waals surface area contributed by atoms with E-state index in [2.05, 4.69) is 0 Å². The molecule has 3 atom stereocenters. The zero-order valence-electron chi connectivity index (χ0n) is 23.4. The highest BCUT2D eigenvalue weighted by atomic mass is 19.1.